The Morgan fingerprint density at radius 3 is 2.67 bits per heavy atom. The average molecular weight is 331 g/mol. The Bertz CT molecular complexity index is 650. The first-order chi connectivity index (χ1) is 11.7. The zero-order valence-electron chi connectivity index (χ0n) is 14.3. The van der Waals surface area contributed by atoms with Crippen LogP contribution in [0.3, 0.4) is 0 Å². The van der Waals surface area contributed by atoms with Gasteiger partial charge in [0.2, 0.25) is 0 Å². The molecule has 0 aromatic carbocycles. The Morgan fingerprint density at radius 1 is 1.21 bits per heavy atom. The van der Waals surface area contributed by atoms with E-state index in [9.17, 15) is 0 Å². The van der Waals surface area contributed by atoms with Gasteiger partial charge < -0.3 is 14.7 Å². The van der Waals surface area contributed by atoms with E-state index >= 15 is 0 Å². The topological polar surface area (TPSA) is 76.3 Å². The van der Waals surface area contributed by atoms with Crippen LogP contribution in [0.4, 0.5) is 5.82 Å². The molecule has 2 aromatic heterocycles. The molecule has 0 saturated carbocycles. The molecule has 0 radical (unpaired) electrons. The minimum Gasteiger partial charge on any atom is -0.472 e. The number of aliphatic hydroxyl groups is 1. The summed E-state index contributed by atoms with van der Waals surface area (Å²) in [6, 6.07) is 2.06. The van der Waals surface area contributed by atoms with Crippen molar-refractivity contribution in [3.63, 3.8) is 0 Å². The quantitative estimate of drug-likeness (QED) is 0.870. The minimum atomic E-state index is 0.0748. The van der Waals surface area contributed by atoms with Crippen LogP contribution in [-0.4, -0.2) is 50.7 Å². The standard InChI is InChI=1S/C17H25N5O2/c1-13(2)24-17-16(18-7-8-19-17)21-9-4-14(5-10-21)15-3-6-20-22(15)11-12-23/h3,6-8,13-14,23H,4-5,9-12H2,1-2H3. The number of anilines is 1. The summed E-state index contributed by atoms with van der Waals surface area (Å²) in [6.45, 7) is 6.46. The first kappa shape index (κ1) is 16.7. The van der Waals surface area contributed by atoms with E-state index in [0.29, 0.717) is 18.3 Å². The van der Waals surface area contributed by atoms with Crippen LogP contribution in [0.1, 0.15) is 38.3 Å². The molecule has 1 aliphatic rings. The zero-order chi connectivity index (χ0) is 16.9. The molecule has 2 aromatic rings. The van der Waals surface area contributed by atoms with Gasteiger partial charge in [-0.3, -0.25) is 4.68 Å². The van der Waals surface area contributed by atoms with Crippen LogP contribution in [0.5, 0.6) is 5.88 Å². The number of piperidine rings is 1. The van der Waals surface area contributed by atoms with Crippen LogP contribution >= 0.6 is 0 Å². The number of aromatic nitrogens is 4. The van der Waals surface area contributed by atoms with Crippen LogP contribution in [0.2, 0.25) is 0 Å². The summed E-state index contributed by atoms with van der Waals surface area (Å²) in [5, 5.41) is 13.5. The van der Waals surface area contributed by atoms with Crippen LogP contribution < -0.4 is 9.64 Å². The second-order valence-corrected chi connectivity index (χ2v) is 6.32. The van der Waals surface area contributed by atoms with Gasteiger partial charge in [0.15, 0.2) is 5.82 Å². The highest BCUT2D eigenvalue weighted by Gasteiger charge is 2.26. The summed E-state index contributed by atoms with van der Waals surface area (Å²) in [7, 11) is 0. The van der Waals surface area contributed by atoms with Crippen molar-refractivity contribution in [2.45, 2.75) is 45.3 Å². The molecule has 0 bridgehead atoms. The van der Waals surface area contributed by atoms with E-state index < -0.39 is 0 Å². The highest BCUT2D eigenvalue weighted by molar-refractivity contribution is 5.48. The van der Waals surface area contributed by atoms with Crippen LogP contribution in [0, 0.1) is 0 Å². The predicted octanol–water partition coefficient (Wildman–Crippen LogP) is 1.84. The van der Waals surface area contributed by atoms with Gasteiger partial charge in [-0.1, -0.05) is 0 Å². The van der Waals surface area contributed by atoms with Crippen LogP contribution in [0.15, 0.2) is 24.7 Å². The molecule has 0 spiro atoms. The molecule has 3 rings (SSSR count). The first-order valence-electron chi connectivity index (χ1n) is 8.54. The maximum absolute atomic E-state index is 9.16. The number of hydrogen-bond acceptors (Lipinski definition) is 6. The van der Waals surface area contributed by atoms with Crippen molar-refractivity contribution in [2.24, 2.45) is 0 Å². The lowest BCUT2D eigenvalue weighted by molar-refractivity contribution is 0.231. The van der Waals surface area contributed by atoms with Crippen molar-refractivity contribution in [1.29, 1.82) is 0 Å². The molecule has 7 nitrogen and oxygen atoms in total. The van der Waals surface area contributed by atoms with Crippen molar-refractivity contribution >= 4 is 5.82 Å². The lowest BCUT2D eigenvalue weighted by Crippen LogP contribution is -2.34. The molecule has 1 fully saturated rings. The Labute approximate surface area is 142 Å². The van der Waals surface area contributed by atoms with Gasteiger partial charge in [0.1, 0.15) is 0 Å². The fourth-order valence-electron chi connectivity index (χ4n) is 3.20. The zero-order valence-corrected chi connectivity index (χ0v) is 14.3. The van der Waals surface area contributed by atoms with Gasteiger partial charge in [-0.2, -0.15) is 5.10 Å². The monoisotopic (exact) mass is 331 g/mol. The SMILES string of the molecule is CC(C)Oc1nccnc1N1CCC(c2ccnn2CCO)CC1. The summed E-state index contributed by atoms with van der Waals surface area (Å²) in [4.78, 5) is 11.1. The minimum absolute atomic E-state index is 0.0748. The highest BCUT2D eigenvalue weighted by Crippen LogP contribution is 2.32. The van der Waals surface area contributed by atoms with E-state index in [1.54, 1.807) is 12.4 Å². The maximum atomic E-state index is 9.16. The Balaban J connectivity index is 1.68. The van der Waals surface area contributed by atoms with Crippen molar-refractivity contribution < 1.29 is 9.84 Å². The molecular formula is C17H25N5O2. The van der Waals surface area contributed by atoms with E-state index in [1.165, 1.54) is 5.69 Å². The number of ether oxygens (including phenoxy) is 1. The number of rotatable bonds is 6. The van der Waals surface area contributed by atoms with Gasteiger partial charge >= 0.3 is 0 Å². The van der Waals surface area contributed by atoms with Gasteiger partial charge in [0.05, 0.1) is 19.3 Å². The number of hydrogen-bond donors (Lipinski definition) is 1. The average Bonchev–Trinajstić information content (AvgIpc) is 3.04. The molecule has 1 N–H and O–H groups in total. The van der Waals surface area contributed by atoms with Gasteiger partial charge in [0.25, 0.3) is 5.88 Å². The van der Waals surface area contributed by atoms with Crippen molar-refractivity contribution in [3.05, 3.63) is 30.4 Å². The number of nitrogens with zero attached hydrogens (tertiary/aromatic N) is 5. The summed E-state index contributed by atoms with van der Waals surface area (Å²) in [5.41, 5.74) is 1.21. The van der Waals surface area contributed by atoms with Crippen molar-refractivity contribution in [3.8, 4) is 5.88 Å². The smallest absolute Gasteiger partial charge is 0.257 e. The fraction of sp³-hybridized carbons (Fsp3) is 0.588. The summed E-state index contributed by atoms with van der Waals surface area (Å²) >= 11 is 0. The molecule has 130 valence electrons. The molecule has 7 heteroatoms. The Kier molecular flexibility index (Phi) is 5.30. The van der Waals surface area contributed by atoms with Crippen molar-refractivity contribution in [1.82, 2.24) is 19.7 Å². The summed E-state index contributed by atoms with van der Waals surface area (Å²) < 4.78 is 7.70. The lowest BCUT2D eigenvalue weighted by Gasteiger charge is -2.33. The molecule has 0 aliphatic carbocycles. The molecule has 0 atom stereocenters. The van der Waals surface area contributed by atoms with Crippen molar-refractivity contribution in [2.75, 3.05) is 24.6 Å². The van der Waals surface area contributed by atoms with E-state index in [4.69, 9.17) is 9.84 Å². The summed E-state index contributed by atoms with van der Waals surface area (Å²) in [6.07, 6.45) is 7.32. The third-order valence-corrected chi connectivity index (χ3v) is 4.27. The van der Waals surface area contributed by atoms with E-state index in [1.807, 2.05) is 24.7 Å². The van der Waals surface area contributed by atoms with Crippen LogP contribution in [-0.2, 0) is 6.54 Å². The predicted molar refractivity (Wildman–Crippen MR) is 91.3 cm³/mol. The van der Waals surface area contributed by atoms with E-state index in [2.05, 4.69) is 26.0 Å². The molecule has 24 heavy (non-hydrogen) atoms. The molecule has 0 amide bonds. The van der Waals surface area contributed by atoms with E-state index in [-0.39, 0.29) is 12.7 Å². The maximum Gasteiger partial charge on any atom is 0.257 e. The first-order valence-corrected chi connectivity index (χ1v) is 8.54. The molecule has 0 unspecified atom stereocenters. The third-order valence-electron chi connectivity index (χ3n) is 4.27. The van der Waals surface area contributed by atoms with Gasteiger partial charge in [-0.05, 0) is 32.8 Å². The second kappa shape index (κ2) is 7.61. The molecule has 1 saturated heterocycles. The van der Waals surface area contributed by atoms with Gasteiger partial charge in [0, 0.05) is 43.3 Å². The highest BCUT2D eigenvalue weighted by atomic mass is 16.5. The lowest BCUT2D eigenvalue weighted by atomic mass is 9.93. The summed E-state index contributed by atoms with van der Waals surface area (Å²) in [5.74, 6) is 1.89. The molecular weight excluding hydrogens is 306 g/mol. The van der Waals surface area contributed by atoms with E-state index in [0.717, 1.165) is 31.7 Å². The largest absolute Gasteiger partial charge is 0.472 e. The fourth-order valence-corrected chi connectivity index (χ4v) is 3.20. The Hall–Kier alpha value is -2.15. The number of aliphatic hydroxyl groups excluding tert-OH is 1. The third kappa shape index (κ3) is 3.67. The normalized spacial score (nSPS) is 15.9. The second-order valence-electron chi connectivity index (χ2n) is 6.32. The van der Waals surface area contributed by atoms with Gasteiger partial charge in [-0.15, -0.1) is 0 Å². The molecule has 3 heterocycles. The van der Waals surface area contributed by atoms with Crippen LogP contribution in [0.25, 0.3) is 0 Å². The molecule has 1 aliphatic heterocycles. The Morgan fingerprint density at radius 2 is 1.96 bits per heavy atom. The van der Waals surface area contributed by atoms with Gasteiger partial charge in [-0.25, -0.2) is 9.97 Å².